The molecule has 0 aliphatic rings. The maximum Gasteiger partial charge on any atom is 0.313 e. The summed E-state index contributed by atoms with van der Waals surface area (Å²) in [5.41, 5.74) is 1.08. The number of fused-ring (bicyclic) bond motifs is 1. The molecule has 0 aliphatic heterocycles. The van der Waals surface area contributed by atoms with Gasteiger partial charge in [-0.1, -0.05) is 55.8 Å². The van der Waals surface area contributed by atoms with Crippen molar-refractivity contribution in [3.05, 3.63) is 48.0 Å². The molecular formula is C17H20O2. The Morgan fingerprint density at radius 1 is 1.11 bits per heavy atom. The highest BCUT2D eigenvalue weighted by Crippen LogP contribution is 2.29. The second kappa shape index (κ2) is 6.37. The summed E-state index contributed by atoms with van der Waals surface area (Å²) in [5, 5.41) is 2.32. The van der Waals surface area contributed by atoms with E-state index in [4.69, 9.17) is 4.74 Å². The monoisotopic (exact) mass is 256 g/mol. The first-order chi connectivity index (χ1) is 9.27. The van der Waals surface area contributed by atoms with Crippen molar-refractivity contribution in [2.45, 2.75) is 32.6 Å². The summed E-state index contributed by atoms with van der Waals surface area (Å²) in [4.78, 5) is 12.2. The van der Waals surface area contributed by atoms with Gasteiger partial charge in [-0.25, -0.2) is 0 Å². The molecule has 1 unspecified atom stereocenters. The highest BCUT2D eigenvalue weighted by molar-refractivity contribution is 5.91. The second-order valence-corrected chi connectivity index (χ2v) is 4.66. The number of hydrogen-bond donors (Lipinski definition) is 0. The van der Waals surface area contributed by atoms with Crippen LogP contribution >= 0.6 is 0 Å². The van der Waals surface area contributed by atoms with Gasteiger partial charge in [0.25, 0.3) is 0 Å². The van der Waals surface area contributed by atoms with Crippen LogP contribution in [0.2, 0.25) is 0 Å². The zero-order valence-corrected chi connectivity index (χ0v) is 11.6. The molecule has 2 aromatic carbocycles. The smallest absolute Gasteiger partial charge is 0.313 e. The Labute approximate surface area is 114 Å². The molecule has 19 heavy (non-hydrogen) atoms. The van der Waals surface area contributed by atoms with Gasteiger partial charge in [-0.05, 0) is 29.7 Å². The van der Waals surface area contributed by atoms with Crippen molar-refractivity contribution >= 4 is 16.7 Å². The van der Waals surface area contributed by atoms with E-state index in [1.54, 1.807) is 0 Å². The summed E-state index contributed by atoms with van der Waals surface area (Å²) < 4.78 is 5.22. The van der Waals surface area contributed by atoms with Crippen molar-refractivity contribution in [2.75, 3.05) is 6.61 Å². The van der Waals surface area contributed by atoms with Crippen molar-refractivity contribution in [3.8, 4) is 0 Å². The SMILES string of the molecule is CCCC(C(=O)OCC)c1cccc2ccccc12. The minimum atomic E-state index is -0.156. The molecule has 1 atom stereocenters. The summed E-state index contributed by atoms with van der Waals surface area (Å²) in [6.07, 6.45) is 1.79. The molecule has 2 aromatic rings. The van der Waals surface area contributed by atoms with Crippen LogP contribution in [0.3, 0.4) is 0 Å². The number of carbonyl (C=O) groups is 1. The van der Waals surface area contributed by atoms with Gasteiger partial charge in [0.05, 0.1) is 12.5 Å². The summed E-state index contributed by atoms with van der Waals surface area (Å²) in [5.74, 6) is -0.267. The zero-order valence-electron chi connectivity index (χ0n) is 11.6. The average Bonchev–Trinajstić information content (AvgIpc) is 2.44. The maximum absolute atomic E-state index is 12.2. The van der Waals surface area contributed by atoms with Crippen molar-refractivity contribution in [1.29, 1.82) is 0 Å². The standard InChI is InChI=1S/C17H20O2/c1-3-8-16(17(18)19-4-2)15-12-7-10-13-9-5-6-11-14(13)15/h5-7,9-12,16H,3-4,8H2,1-2H3. The van der Waals surface area contributed by atoms with Crippen molar-refractivity contribution in [1.82, 2.24) is 0 Å². The number of hydrogen-bond acceptors (Lipinski definition) is 2. The van der Waals surface area contributed by atoms with Crippen molar-refractivity contribution in [2.24, 2.45) is 0 Å². The van der Waals surface area contributed by atoms with E-state index in [0.717, 1.165) is 23.8 Å². The maximum atomic E-state index is 12.2. The fourth-order valence-electron chi connectivity index (χ4n) is 2.49. The van der Waals surface area contributed by atoms with Crippen LogP contribution in [0, 0.1) is 0 Å². The molecule has 0 saturated heterocycles. The van der Waals surface area contributed by atoms with E-state index in [1.807, 2.05) is 31.2 Å². The first-order valence-electron chi connectivity index (χ1n) is 6.92. The molecule has 0 bridgehead atoms. The summed E-state index contributed by atoms with van der Waals surface area (Å²) in [6, 6.07) is 14.3. The van der Waals surface area contributed by atoms with Crippen LogP contribution in [0.25, 0.3) is 10.8 Å². The van der Waals surface area contributed by atoms with Crippen LogP contribution in [0.1, 0.15) is 38.2 Å². The third-order valence-corrected chi connectivity index (χ3v) is 3.35. The second-order valence-electron chi connectivity index (χ2n) is 4.66. The Bertz CT molecular complexity index is 555. The number of rotatable bonds is 5. The normalized spacial score (nSPS) is 12.3. The fourth-order valence-corrected chi connectivity index (χ4v) is 2.49. The topological polar surface area (TPSA) is 26.3 Å². The van der Waals surface area contributed by atoms with Gasteiger partial charge in [-0.15, -0.1) is 0 Å². The van der Waals surface area contributed by atoms with Gasteiger partial charge in [-0.3, -0.25) is 4.79 Å². The molecule has 100 valence electrons. The summed E-state index contributed by atoms with van der Waals surface area (Å²) in [6.45, 7) is 4.38. The largest absolute Gasteiger partial charge is 0.466 e. The molecule has 0 N–H and O–H groups in total. The molecule has 0 spiro atoms. The highest BCUT2D eigenvalue weighted by Gasteiger charge is 2.22. The van der Waals surface area contributed by atoms with Gasteiger partial charge in [0.1, 0.15) is 0 Å². The first kappa shape index (κ1) is 13.6. The lowest BCUT2D eigenvalue weighted by molar-refractivity contribution is -0.145. The number of benzene rings is 2. The van der Waals surface area contributed by atoms with Gasteiger partial charge in [-0.2, -0.15) is 0 Å². The van der Waals surface area contributed by atoms with Gasteiger partial charge in [0.2, 0.25) is 0 Å². The van der Waals surface area contributed by atoms with Crippen LogP contribution in [0.15, 0.2) is 42.5 Å². The predicted octanol–water partition coefficient (Wildman–Crippen LogP) is 4.29. The Morgan fingerprint density at radius 3 is 2.58 bits per heavy atom. The van der Waals surface area contributed by atoms with E-state index in [1.165, 1.54) is 5.39 Å². The van der Waals surface area contributed by atoms with Crippen LogP contribution in [0.5, 0.6) is 0 Å². The molecule has 0 heterocycles. The van der Waals surface area contributed by atoms with Crippen LogP contribution in [-0.4, -0.2) is 12.6 Å². The minimum absolute atomic E-state index is 0.110. The predicted molar refractivity (Wildman–Crippen MR) is 78.2 cm³/mol. The Morgan fingerprint density at radius 2 is 1.84 bits per heavy atom. The Hall–Kier alpha value is -1.83. The van der Waals surface area contributed by atoms with E-state index in [0.29, 0.717) is 6.61 Å². The molecular weight excluding hydrogens is 236 g/mol. The molecule has 2 nitrogen and oxygen atoms in total. The van der Waals surface area contributed by atoms with E-state index >= 15 is 0 Å². The van der Waals surface area contributed by atoms with E-state index in [9.17, 15) is 4.79 Å². The van der Waals surface area contributed by atoms with E-state index in [2.05, 4.69) is 25.1 Å². The molecule has 0 radical (unpaired) electrons. The lowest BCUT2D eigenvalue weighted by Gasteiger charge is -2.17. The van der Waals surface area contributed by atoms with Crippen LogP contribution < -0.4 is 0 Å². The van der Waals surface area contributed by atoms with Crippen LogP contribution in [-0.2, 0) is 9.53 Å². The van der Waals surface area contributed by atoms with E-state index < -0.39 is 0 Å². The molecule has 0 saturated carbocycles. The zero-order chi connectivity index (χ0) is 13.7. The Kier molecular flexibility index (Phi) is 4.56. The number of esters is 1. The fraction of sp³-hybridized carbons (Fsp3) is 0.353. The molecule has 2 heteroatoms. The van der Waals surface area contributed by atoms with Crippen molar-refractivity contribution in [3.63, 3.8) is 0 Å². The molecule has 2 rings (SSSR count). The van der Waals surface area contributed by atoms with Gasteiger partial charge in [0, 0.05) is 0 Å². The third kappa shape index (κ3) is 2.95. The minimum Gasteiger partial charge on any atom is -0.466 e. The quantitative estimate of drug-likeness (QED) is 0.746. The summed E-state index contributed by atoms with van der Waals surface area (Å²) in [7, 11) is 0. The molecule has 0 aromatic heterocycles. The molecule has 0 amide bonds. The number of carbonyl (C=O) groups excluding carboxylic acids is 1. The molecule has 0 aliphatic carbocycles. The third-order valence-electron chi connectivity index (χ3n) is 3.35. The average molecular weight is 256 g/mol. The van der Waals surface area contributed by atoms with Gasteiger partial charge >= 0.3 is 5.97 Å². The lowest BCUT2D eigenvalue weighted by atomic mass is 9.90. The number of ether oxygens (including phenoxy) is 1. The molecule has 0 fully saturated rings. The highest BCUT2D eigenvalue weighted by atomic mass is 16.5. The Balaban J connectivity index is 2.46. The van der Waals surface area contributed by atoms with Gasteiger partial charge in [0.15, 0.2) is 0 Å². The lowest BCUT2D eigenvalue weighted by Crippen LogP contribution is -2.16. The summed E-state index contributed by atoms with van der Waals surface area (Å²) >= 11 is 0. The van der Waals surface area contributed by atoms with Crippen molar-refractivity contribution < 1.29 is 9.53 Å². The van der Waals surface area contributed by atoms with Gasteiger partial charge < -0.3 is 4.74 Å². The van der Waals surface area contributed by atoms with Crippen LogP contribution in [0.4, 0.5) is 0 Å². The van der Waals surface area contributed by atoms with E-state index in [-0.39, 0.29) is 11.9 Å². The first-order valence-corrected chi connectivity index (χ1v) is 6.92.